The lowest BCUT2D eigenvalue weighted by Crippen LogP contribution is -1.85. The number of anilines is 1. The van der Waals surface area contributed by atoms with Crippen molar-refractivity contribution in [2.75, 3.05) is 5.73 Å². The van der Waals surface area contributed by atoms with Crippen LogP contribution in [0.2, 0.25) is 0 Å². The second kappa shape index (κ2) is 2.82. The first kappa shape index (κ1) is 7.67. The molecule has 1 aromatic carbocycles. The molecule has 1 heterocycles. The van der Waals surface area contributed by atoms with Gasteiger partial charge in [-0.1, -0.05) is 30.3 Å². The van der Waals surface area contributed by atoms with E-state index in [-0.39, 0.29) is 5.88 Å². The first-order valence-corrected chi connectivity index (χ1v) is 3.78. The normalized spacial score (nSPS) is 10.2. The maximum absolute atomic E-state index is 8.94. The molecule has 0 atom stereocenters. The van der Waals surface area contributed by atoms with Gasteiger partial charge in [0.1, 0.15) is 5.69 Å². The molecule has 13 heavy (non-hydrogen) atoms. The highest BCUT2D eigenvalue weighted by molar-refractivity contribution is 5.68. The van der Waals surface area contributed by atoms with Crippen molar-refractivity contribution in [2.24, 2.45) is 0 Å². The zero-order valence-corrected chi connectivity index (χ0v) is 6.77. The van der Waals surface area contributed by atoms with Gasteiger partial charge in [0.15, 0.2) is 0 Å². The van der Waals surface area contributed by atoms with Crippen molar-refractivity contribution in [3.05, 3.63) is 30.3 Å². The van der Waals surface area contributed by atoms with Gasteiger partial charge in [-0.05, 0) is 0 Å². The number of nitrogen functional groups attached to an aromatic ring is 1. The Kier molecular flexibility index (Phi) is 1.66. The highest BCUT2D eigenvalue weighted by Gasteiger charge is 2.10. The molecule has 0 aliphatic heterocycles. The highest BCUT2D eigenvalue weighted by atomic mass is 16.5. The largest absolute Gasteiger partial charge is 0.466 e. The molecule has 0 unspecified atom stereocenters. The molecule has 0 aliphatic rings. The van der Waals surface area contributed by atoms with Crippen LogP contribution >= 0.6 is 0 Å². The van der Waals surface area contributed by atoms with Crippen LogP contribution in [-0.4, -0.2) is 10.1 Å². The van der Waals surface area contributed by atoms with Crippen molar-refractivity contribution in [3.8, 4) is 17.3 Å². The van der Waals surface area contributed by atoms with E-state index in [1.165, 1.54) is 0 Å². The van der Waals surface area contributed by atoms with Crippen LogP contribution in [0, 0.1) is 0 Å². The molecule has 0 saturated carbocycles. The SMILES string of the molecule is Nc1oc(O)nc1-c1ccccc1. The Morgan fingerprint density at radius 1 is 1.23 bits per heavy atom. The molecule has 0 aliphatic carbocycles. The summed E-state index contributed by atoms with van der Waals surface area (Å²) in [7, 11) is 0. The van der Waals surface area contributed by atoms with Crippen molar-refractivity contribution in [1.29, 1.82) is 0 Å². The van der Waals surface area contributed by atoms with Crippen LogP contribution in [0.1, 0.15) is 0 Å². The van der Waals surface area contributed by atoms with Crippen molar-refractivity contribution in [3.63, 3.8) is 0 Å². The van der Waals surface area contributed by atoms with Gasteiger partial charge in [-0.15, -0.1) is 0 Å². The van der Waals surface area contributed by atoms with E-state index in [4.69, 9.17) is 15.3 Å². The van der Waals surface area contributed by atoms with Gasteiger partial charge in [0.2, 0.25) is 5.88 Å². The van der Waals surface area contributed by atoms with E-state index < -0.39 is 6.08 Å². The summed E-state index contributed by atoms with van der Waals surface area (Å²) in [6.07, 6.45) is -0.406. The minimum atomic E-state index is -0.406. The lowest BCUT2D eigenvalue weighted by molar-refractivity contribution is 0.322. The average Bonchev–Trinajstić information content (AvgIpc) is 2.47. The topological polar surface area (TPSA) is 72.3 Å². The number of rotatable bonds is 1. The zero-order chi connectivity index (χ0) is 9.26. The maximum Gasteiger partial charge on any atom is 0.393 e. The van der Waals surface area contributed by atoms with Gasteiger partial charge >= 0.3 is 6.08 Å². The molecule has 0 saturated heterocycles. The summed E-state index contributed by atoms with van der Waals surface area (Å²) >= 11 is 0. The third kappa shape index (κ3) is 1.33. The van der Waals surface area contributed by atoms with Crippen molar-refractivity contribution in [1.82, 2.24) is 4.98 Å². The number of hydrogen-bond acceptors (Lipinski definition) is 4. The number of nitrogens with zero attached hydrogens (tertiary/aromatic N) is 1. The van der Waals surface area contributed by atoms with Crippen LogP contribution in [0.15, 0.2) is 34.7 Å². The van der Waals surface area contributed by atoms with Gasteiger partial charge in [0.05, 0.1) is 0 Å². The molecule has 4 nitrogen and oxygen atoms in total. The Morgan fingerprint density at radius 2 is 1.92 bits per heavy atom. The van der Waals surface area contributed by atoms with E-state index in [0.717, 1.165) is 5.56 Å². The quantitative estimate of drug-likeness (QED) is 0.692. The van der Waals surface area contributed by atoms with Crippen LogP contribution in [0.3, 0.4) is 0 Å². The molecule has 3 N–H and O–H groups in total. The summed E-state index contributed by atoms with van der Waals surface area (Å²) in [6, 6.07) is 9.29. The molecule has 4 heteroatoms. The molecule has 0 amide bonds. The summed E-state index contributed by atoms with van der Waals surface area (Å²) in [5.74, 6) is 0.128. The summed E-state index contributed by atoms with van der Waals surface area (Å²) in [5, 5.41) is 8.94. The molecule has 2 aromatic rings. The van der Waals surface area contributed by atoms with Crippen LogP contribution in [0.5, 0.6) is 6.08 Å². The van der Waals surface area contributed by atoms with E-state index >= 15 is 0 Å². The number of aromatic hydroxyl groups is 1. The minimum Gasteiger partial charge on any atom is -0.466 e. The number of benzene rings is 1. The lowest BCUT2D eigenvalue weighted by atomic mass is 10.2. The van der Waals surface area contributed by atoms with Gasteiger partial charge in [0, 0.05) is 5.56 Å². The second-order valence-electron chi connectivity index (χ2n) is 2.58. The third-order valence-electron chi connectivity index (χ3n) is 1.69. The fourth-order valence-electron chi connectivity index (χ4n) is 1.12. The van der Waals surface area contributed by atoms with Crippen molar-refractivity contribution < 1.29 is 9.52 Å². The van der Waals surface area contributed by atoms with E-state index in [0.29, 0.717) is 5.69 Å². The summed E-state index contributed by atoms with van der Waals surface area (Å²) in [5.41, 5.74) is 6.78. The number of oxazole rings is 1. The second-order valence-corrected chi connectivity index (χ2v) is 2.58. The predicted octanol–water partition coefficient (Wildman–Crippen LogP) is 1.63. The molecule has 0 bridgehead atoms. The van der Waals surface area contributed by atoms with Crippen LogP contribution in [0.4, 0.5) is 5.88 Å². The standard InChI is InChI=1S/C9H8N2O2/c10-8-7(11-9(12)13-8)6-4-2-1-3-5-6/h1-5H,10H2,(H,11,12). The maximum atomic E-state index is 8.94. The Labute approximate surface area is 74.6 Å². The van der Waals surface area contributed by atoms with E-state index in [2.05, 4.69) is 4.98 Å². The summed E-state index contributed by atoms with van der Waals surface area (Å²) in [6.45, 7) is 0. The molecular weight excluding hydrogens is 168 g/mol. The van der Waals surface area contributed by atoms with Crippen LogP contribution in [-0.2, 0) is 0 Å². The Balaban J connectivity index is 2.53. The minimum absolute atomic E-state index is 0.128. The predicted molar refractivity (Wildman–Crippen MR) is 48.0 cm³/mol. The van der Waals surface area contributed by atoms with Gasteiger partial charge in [-0.3, -0.25) is 0 Å². The Morgan fingerprint density at radius 3 is 2.46 bits per heavy atom. The molecule has 1 aromatic heterocycles. The average molecular weight is 176 g/mol. The molecule has 0 radical (unpaired) electrons. The summed E-state index contributed by atoms with van der Waals surface area (Å²) in [4.78, 5) is 3.74. The van der Waals surface area contributed by atoms with E-state index in [1.54, 1.807) is 0 Å². The molecule has 0 spiro atoms. The first-order valence-electron chi connectivity index (χ1n) is 3.78. The first-order chi connectivity index (χ1) is 6.27. The van der Waals surface area contributed by atoms with Crippen LogP contribution < -0.4 is 5.73 Å². The van der Waals surface area contributed by atoms with E-state index in [1.807, 2.05) is 30.3 Å². The highest BCUT2D eigenvalue weighted by Crippen LogP contribution is 2.27. The van der Waals surface area contributed by atoms with Gasteiger partial charge in [-0.25, -0.2) is 0 Å². The number of hydrogen-bond donors (Lipinski definition) is 2. The van der Waals surface area contributed by atoms with Crippen molar-refractivity contribution in [2.45, 2.75) is 0 Å². The monoisotopic (exact) mass is 176 g/mol. The number of nitrogens with two attached hydrogens (primary N) is 1. The molecule has 2 rings (SSSR count). The Bertz CT molecular complexity index is 409. The van der Waals surface area contributed by atoms with Crippen LogP contribution in [0.25, 0.3) is 11.3 Å². The van der Waals surface area contributed by atoms with Crippen molar-refractivity contribution >= 4 is 5.88 Å². The van der Waals surface area contributed by atoms with Gasteiger partial charge in [-0.2, -0.15) is 4.98 Å². The lowest BCUT2D eigenvalue weighted by Gasteiger charge is -1.94. The smallest absolute Gasteiger partial charge is 0.393 e. The number of aromatic nitrogens is 1. The molecular formula is C9H8N2O2. The summed E-state index contributed by atoms with van der Waals surface area (Å²) < 4.78 is 4.69. The zero-order valence-electron chi connectivity index (χ0n) is 6.77. The molecule has 66 valence electrons. The van der Waals surface area contributed by atoms with Gasteiger partial charge < -0.3 is 15.3 Å². The Hall–Kier alpha value is -1.97. The van der Waals surface area contributed by atoms with E-state index in [9.17, 15) is 0 Å². The third-order valence-corrected chi connectivity index (χ3v) is 1.69. The van der Waals surface area contributed by atoms with Gasteiger partial charge in [0.25, 0.3) is 0 Å². The fourth-order valence-corrected chi connectivity index (χ4v) is 1.12. The molecule has 0 fully saturated rings. The fraction of sp³-hybridized carbons (Fsp3) is 0.